The van der Waals surface area contributed by atoms with Gasteiger partial charge < -0.3 is 15.0 Å². The third-order valence-corrected chi connectivity index (χ3v) is 2.57. The molecule has 0 amide bonds. The van der Waals surface area contributed by atoms with Gasteiger partial charge >= 0.3 is 0 Å². The van der Waals surface area contributed by atoms with Gasteiger partial charge in [-0.3, -0.25) is 4.99 Å². The molecule has 0 radical (unpaired) electrons. The van der Waals surface area contributed by atoms with Gasteiger partial charge in [0.2, 0.25) is 0 Å². The van der Waals surface area contributed by atoms with Crippen LogP contribution in [-0.4, -0.2) is 50.3 Å². The summed E-state index contributed by atoms with van der Waals surface area (Å²) in [5.41, 5.74) is 0. The number of nitrogens with zero attached hydrogens (tertiary/aromatic N) is 2. The molecule has 0 aliphatic carbocycles. The highest BCUT2D eigenvalue weighted by molar-refractivity contribution is 5.81. The summed E-state index contributed by atoms with van der Waals surface area (Å²) in [4.78, 5) is 6.50. The Morgan fingerprint density at radius 1 is 1.69 bits per heavy atom. The number of ether oxygens (including phenoxy) is 1. The zero-order valence-electron chi connectivity index (χ0n) is 8.12. The first kappa shape index (κ1) is 8.81. The molecule has 0 aromatic rings. The van der Waals surface area contributed by atoms with Crippen LogP contribution in [0.15, 0.2) is 4.99 Å². The molecule has 4 nitrogen and oxygen atoms in total. The van der Waals surface area contributed by atoms with Crippen LogP contribution in [0.5, 0.6) is 0 Å². The van der Waals surface area contributed by atoms with Crippen LogP contribution >= 0.6 is 0 Å². The molecule has 0 spiro atoms. The highest BCUT2D eigenvalue weighted by Crippen LogP contribution is 2.10. The fraction of sp³-hybridized carbons (Fsp3) is 0.889. The van der Waals surface area contributed by atoms with E-state index in [1.165, 1.54) is 12.8 Å². The van der Waals surface area contributed by atoms with Gasteiger partial charge in [-0.05, 0) is 12.8 Å². The summed E-state index contributed by atoms with van der Waals surface area (Å²) in [6.07, 6.45) is 2.79. The lowest BCUT2D eigenvalue weighted by Gasteiger charge is -2.17. The summed E-state index contributed by atoms with van der Waals surface area (Å²) in [5, 5.41) is 3.32. The Morgan fingerprint density at radius 3 is 3.23 bits per heavy atom. The average molecular weight is 183 g/mol. The molecule has 74 valence electrons. The molecule has 1 unspecified atom stereocenters. The van der Waals surface area contributed by atoms with Gasteiger partial charge in [-0.1, -0.05) is 0 Å². The van der Waals surface area contributed by atoms with Gasteiger partial charge in [0, 0.05) is 26.7 Å². The molecule has 0 saturated carbocycles. The largest absolute Gasteiger partial charge is 0.376 e. The van der Waals surface area contributed by atoms with E-state index in [0.717, 1.165) is 32.2 Å². The SMILES string of the molecule is CN1CCN=C1NCC1CCCO1. The number of likely N-dealkylation sites (N-methyl/N-ethyl adjacent to an activating group) is 1. The normalized spacial score (nSPS) is 27.9. The van der Waals surface area contributed by atoms with Gasteiger partial charge in [0.25, 0.3) is 0 Å². The molecule has 1 fully saturated rings. The Balaban J connectivity index is 1.72. The molecule has 0 aromatic carbocycles. The Labute approximate surface area is 79.0 Å². The molecule has 2 aliphatic rings. The van der Waals surface area contributed by atoms with Crippen LogP contribution in [0, 0.1) is 0 Å². The maximum atomic E-state index is 5.51. The van der Waals surface area contributed by atoms with Crippen molar-refractivity contribution in [3.63, 3.8) is 0 Å². The first-order valence-corrected chi connectivity index (χ1v) is 4.97. The highest BCUT2D eigenvalue weighted by atomic mass is 16.5. The maximum Gasteiger partial charge on any atom is 0.193 e. The molecule has 2 rings (SSSR count). The molecule has 13 heavy (non-hydrogen) atoms. The summed E-state index contributed by atoms with van der Waals surface area (Å²) in [6.45, 7) is 3.79. The molecular formula is C9H17N3O. The van der Waals surface area contributed by atoms with E-state index in [1.54, 1.807) is 0 Å². The second-order valence-electron chi connectivity index (χ2n) is 3.64. The minimum Gasteiger partial charge on any atom is -0.376 e. The number of rotatable bonds is 2. The predicted octanol–water partition coefficient (Wildman–Crippen LogP) is 0.0564. The van der Waals surface area contributed by atoms with Crippen LogP contribution in [-0.2, 0) is 4.74 Å². The van der Waals surface area contributed by atoms with Crippen molar-refractivity contribution in [1.29, 1.82) is 0 Å². The molecule has 4 heteroatoms. The third kappa shape index (κ3) is 2.12. The van der Waals surface area contributed by atoms with E-state index in [0.29, 0.717) is 6.10 Å². The van der Waals surface area contributed by atoms with E-state index in [2.05, 4.69) is 22.3 Å². The van der Waals surface area contributed by atoms with Crippen LogP contribution in [0.3, 0.4) is 0 Å². The number of hydrogen-bond acceptors (Lipinski definition) is 4. The summed E-state index contributed by atoms with van der Waals surface area (Å²) in [6, 6.07) is 0. The number of nitrogens with one attached hydrogen (secondary N) is 1. The zero-order chi connectivity index (χ0) is 9.10. The molecule has 2 aliphatic heterocycles. The Hall–Kier alpha value is -0.770. The minimum atomic E-state index is 0.400. The van der Waals surface area contributed by atoms with Crippen LogP contribution in [0.2, 0.25) is 0 Å². The molecular weight excluding hydrogens is 166 g/mol. The van der Waals surface area contributed by atoms with Crippen LogP contribution in [0.1, 0.15) is 12.8 Å². The molecule has 1 N–H and O–H groups in total. The lowest BCUT2D eigenvalue weighted by molar-refractivity contribution is 0.113. The average Bonchev–Trinajstić information content (AvgIpc) is 2.72. The number of guanidine groups is 1. The van der Waals surface area contributed by atoms with Crippen LogP contribution < -0.4 is 5.32 Å². The molecule has 1 atom stereocenters. The Bertz CT molecular complexity index is 199. The van der Waals surface area contributed by atoms with Gasteiger partial charge in [-0.15, -0.1) is 0 Å². The first-order valence-electron chi connectivity index (χ1n) is 4.97. The van der Waals surface area contributed by atoms with E-state index in [-0.39, 0.29) is 0 Å². The second kappa shape index (κ2) is 3.96. The molecule has 1 saturated heterocycles. The standard InChI is InChI=1S/C9H17N3O/c1-12-5-4-10-9(12)11-7-8-3-2-6-13-8/h8H,2-7H2,1H3,(H,10,11). The molecule has 2 heterocycles. The van der Waals surface area contributed by atoms with Gasteiger partial charge in [0.05, 0.1) is 12.6 Å². The lowest BCUT2D eigenvalue weighted by atomic mass is 10.2. The summed E-state index contributed by atoms with van der Waals surface area (Å²) in [7, 11) is 2.06. The predicted molar refractivity (Wildman–Crippen MR) is 51.9 cm³/mol. The van der Waals surface area contributed by atoms with Gasteiger partial charge in [0.1, 0.15) is 0 Å². The monoisotopic (exact) mass is 183 g/mol. The van der Waals surface area contributed by atoms with E-state index in [4.69, 9.17) is 4.74 Å². The maximum absolute atomic E-state index is 5.51. The highest BCUT2D eigenvalue weighted by Gasteiger charge is 2.17. The minimum absolute atomic E-state index is 0.400. The van der Waals surface area contributed by atoms with E-state index in [1.807, 2.05) is 0 Å². The number of aliphatic imine (C=N–C) groups is 1. The molecule has 0 bridgehead atoms. The zero-order valence-corrected chi connectivity index (χ0v) is 8.12. The lowest BCUT2D eigenvalue weighted by Crippen LogP contribution is -2.39. The summed E-state index contributed by atoms with van der Waals surface area (Å²) in [5.74, 6) is 1.02. The van der Waals surface area contributed by atoms with Crippen molar-refractivity contribution in [2.45, 2.75) is 18.9 Å². The Morgan fingerprint density at radius 2 is 2.62 bits per heavy atom. The summed E-state index contributed by atoms with van der Waals surface area (Å²) < 4.78 is 5.51. The van der Waals surface area contributed by atoms with Crippen molar-refractivity contribution in [3.05, 3.63) is 0 Å². The quantitative estimate of drug-likeness (QED) is 0.657. The Kier molecular flexibility index (Phi) is 2.68. The van der Waals surface area contributed by atoms with Crippen molar-refractivity contribution in [1.82, 2.24) is 10.2 Å². The van der Waals surface area contributed by atoms with E-state index in [9.17, 15) is 0 Å². The first-order chi connectivity index (χ1) is 6.36. The topological polar surface area (TPSA) is 36.9 Å². The van der Waals surface area contributed by atoms with E-state index >= 15 is 0 Å². The van der Waals surface area contributed by atoms with Crippen molar-refractivity contribution in [2.75, 3.05) is 33.3 Å². The van der Waals surface area contributed by atoms with Crippen LogP contribution in [0.25, 0.3) is 0 Å². The van der Waals surface area contributed by atoms with Crippen molar-refractivity contribution >= 4 is 5.96 Å². The fourth-order valence-corrected chi connectivity index (χ4v) is 1.73. The van der Waals surface area contributed by atoms with Gasteiger partial charge in [0.15, 0.2) is 5.96 Å². The second-order valence-corrected chi connectivity index (χ2v) is 3.64. The smallest absolute Gasteiger partial charge is 0.193 e. The van der Waals surface area contributed by atoms with E-state index < -0.39 is 0 Å². The van der Waals surface area contributed by atoms with Crippen molar-refractivity contribution in [2.24, 2.45) is 4.99 Å². The van der Waals surface area contributed by atoms with Crippen molar-refractivity contribution in [3.8, 4) is 0 Å². The summed E-state index contributed by atoms with van der Waals surface area (Å²) >= 11 is 0. The fourth-order valence-electron chi connectivity index (χ4n) is 1.73. The molecule has 0 aromatic heterocycles. The van der Waals surface area contributed by atoms with Crippen molar-refractivity contribution < 1.29 is 4.74 Å². The van der Waals surface area contributed by atoms with Gasteiger partial charge in [-0.2, -0.15) is 0 Å². The van der Waals surface area contributed by atoms with Gasteiger partial charge in [-0.25, -0.2) is 0 Å². The van der Waals surface area contributed by atoms with Crippen LogP contribution in [0.4, 0.5) is 0 Å². The number of hydrogen-bond donors (Lipinski definition) is 1. The third-order valence-electron chi connectivity index (χ3n) is 2.57.